The summed E-state index contributed by atoms with van der Waals surface area (Å²) in [5.74, 6) is 1.84. The highest BCUT2D eigenvalue weighted by Gasteiger charge is 2.22. The van der Waals surface area contributed by atoms with Crippen LogP contribution in [0.5, 0.6) is 0 Å². The van der Waals surface area contributed by atoms with E-state index in [0.717, 1.165) is 60.9 Å². The number of furan rings is 1. The molecule has 3 heterocycles. The van der Waals surface area contributed by atoms with Gasteiger partial charge in [0.1, 0.15) is 11.2 Å². The van der Waals surface area contributed by atoms with Gasteiger partial charge in [0.15, 0.2) is 17.5 Å². The SMILES string of the molecule is c1ccc(-c2ccc(-c3nc(-c4ccccc4)nc(-c4ccc5oc6ccccc6c5c4-c4ccc5c(c4)sc4cccc(-c6ccccc6)c45)n3)cc2)cc1. The van der Waals surface area contributed by atoms with Gasteiger partial charge in [0, 0.05) is 53.2 Å². The third-order valence-electron chi connectivity index (χ3n) is 10.6. The molecule has 0 saturated carbocycles. The van der Waals surface area contributed by atoms with E-state index in [9.17, 15) is 0 Å². The number of fused-ring (bicyclic) bond motifs is 6. The Morgan fingerprint density at radius 1 is 0.339 bits per heavy atom. The minimum atomic E-state index is 0.603. The van der Waals surface area contributed by atoms with Crippen LogP contribution in [-0.4, -0.2) is 15.0 Å². The molecule has 0 unspecified atom stereocenters. The summed E-state index contributed by atoms with van der Waals surface area (Å²) >= 11 is 1.83. The molecular formula is C51H31N3OS. The fraction of sp³-hybridized carbons (Fsp3) is 0. The molecule has 0 N–H and O–H groups in total. The van der Waals surface area contributed by atoms with E-state index in [2.05, 4.69) is 140 Å². The number of para-hydroxylation sites is 1. The summed E-state index contributed by atoms with van der Waals surface area (Å²) in [7, 11) is 0. The highest BCUT2D eigenvalue weighted by atomic mass is 32.1. The fourth-order valence-electron chi connectivity index (χ4n) is 7.93. The zero-order chi connectivity index (χ0) is 37.0. The predicted molar refractivity (Wildman–Crippen MR) is 233 cm³/mol. The maximum Gasteiger partial charge on any atom is 0.164 e. The van der Waals surface area contributed by atoms with Crippen LogP contribution >= 0.6 is 11.3 Å². The fourth-order valence-corrected chi connectivity index (χ4v) is 9.10. The number of aromatic nitrogens is 3. The van der Waals surface area contributed by atoms with Gasteiger partial charge in [-0.1, -0.05) is 158 Å². The van der Waals surface area contributed by atoms with Gasteiger partial charge in [-0.15, -0.1) is 11.3 Å². The second-order valence-electron chi connectivity index (χ2n) is 13.9. The van der Waals surface area contributed by atoms with Crippen LogP contribution in [0.3, 0.4) is 0 Å². The number of hydrogen-bond acceptors (Lipinski definition) is 5. The van der Waals surface area contributed by atoms with Crippen molar-refractivity contribution < 1.29 is 4.42 Å². The summed E-state index contributed by atoms with van der Waals surface area (Å²) in [6.45, 7) is 0. The molecule has 4 nitrogen and oxygen atoms in total. The van der Waals surface area contributed by atoms with Crippen LogP contribution < -0.4 is 0 Å². The first kappa shape index (κ1) is 32.2. The van der Waals surface area contributed by atoms with E-state index in [0.29, 0.717) is 17.5 Å². The third kappa shape index (κ3) is 5.48. The highest BCUT2D eigenvalue weighted by molar-refractivity contribution is 7.26. The summed E-state index contributed by atoms with van der Waals surface area (Å²) in [4.78, 5) is 15.5. The lowest BCUT2D eigenvalue weighted by atomic mass is 9.92. The van der Waals surface area contributed by atoms with Crippen molar-refractivity contribution in [2.75, 3.05) is 0 Å². The van der Waals surface area contributed by atoms with Gasteiger partial charge in [0.25, 0.3) is 0 Å². The van der Waals surface area contributed by atoms with E-state index in [-0.39, 0.29) is 0 Å². The Bertz CT molecular complexity index is 3230. The summed E-state index contributed by atoms with van der Waals surface area (Å²) in [6, 6.07) is 65.6. The number of hydrogen-bond donors (Lipinski definition) is 0. The average Bonchev–Trinajstić information content (AvgIpc) is 3.85. The molecule has 5 heteroatoms. The molecule has 0 aliphatic rings. The van der Waals surface area contributed by atoms with Crippen molar-refractivity contribution in [2.24, 2.45) is 0 Å². The molecule has 0 saturated heterocycles. The van der Waals surface area contributed by atoms with Crippen molar-refractivity contribution in [3.8, 4) is 67.5 Å². The summed E-state index contributed by atoms with van der Waals surface area (Å²) in [5.41, 5.74) is 11.3. The Kier molecular flexibility index (Phi) is 7.64. The van der Waals surface area contributed by atoms with E-state index in [1.54, 1.807) is 0 Å². The van der Waals surface area contributed by atoms with Crippen LogP contribution in [0.25, 0.3) is 110 Å². The van der Waals surface area contributed by atoms with Crippen molar-refractivity contribution in [3.05, 3.63) is 188 Å². The Hall–Kier alpha value is -7.21. The number of benzene rings is 8. The first-order valence-corrected chi connectivity index (χ1v) is 19.5. The molecule has 8 aromatic carbocycles. The molecular weight excluding hydrogens is 703 g/mol. The zero-order valence-electron chi connectivity index (χ0n) is 30.1. The summed E-state index contributed by atoms with van der Waals surface area (Å²) in [6.07, 6.45) is 0. The molecule has 0 atom stereocenters. The topological polar surface area (TPSA) is 51.8 Å². The normalized spacial score (nSPS) is 11.6. The van der Waals surface area contributed by atoms with Crippen LogP contribution in [-0.2, 0) is 0 Å². The Labute approximate surface area is 327 Å². The molecule has 0 aliphatic carbocycles. The van der Waals surface area contributed by atoms with Gasteiger partial charge in [0.05, 0.1) is 0 Å². The maximum absolute atomic E-state index is 6.49. The Morgan fingerprint density at radius 2 is 0.929 bits per heavy atom. The molecule has 0 aliphatic heterocycles. The monoisotopic (exact) mass is 733 g/mol. The molecule has 0 spiro atoms. The molecule has 3 aromatic heterocycles. The molecule has 11 aromatic rings. The van der Waals surface area contributed by atoms with Crippen molar-refractivity contribution >= 4 is 53.4 Å². The van der Waals surface area contributed by atoms with E-state index in [1.807, 2.05) is 59.9 Å². The van der Waals surface area contributed by atoms with Gasteiger partial charge in [0.2, 0.25) is 0 Å². The van der Waals surface area contributed by atoms with Gasteiger partial charge < -0.3 is 4.42 Å². The van der Waals surface area contributed by atoms with Crippen LogP contribution in [0.15, 0.2) is 192 Å². The van der Waals surface area contributed by atoms with Gasteiger partial charge in [-0.2, -0.15) is 0 Å². The van der Waals surface area contributed by atoms with Crippen molar-refractivity contribution in [3.63, 3.8) is 0 Å². The van der Waals surface area contributed by atoms with Crippen molar-refractivity contribution in [1.82, 2.24) is 15.0 Å². The maximum atomic E-state index is 6.49. The van der Waals surface area contributed by atoms with Crippen LogP contribution in [0.2, 0.25) is 0 Å². The zero-order valence-corrected chi connectivity index (χ0v) is 30.9. The minimum Gasteiger partial charge on any atom is -0.456 e. The molecule has 56 heavy (non-hydrogen) atoms. The Balaban J connectivity index is 1.15. The van der Waals surface area contributed by atoms with E-state index < -0.39 is 0 Å². The molecule has 0 bridgehead atoms. The highest BCUT2D eigenvalue weighted by Crippen LogP contribution is 2.46. The van der Waals surface area contributed by atoms with Crippen LogP contribution in [0.4, 0.5) is 0 Å². The van der Waals surface area contributed by atoms with E-state index >= 15 is 0 Å². The average molecular weight is 734 g/mol. The number of thiophene rings is 1. The van der Waals surface area contributed by atoms with Crippen molar-refractivity contribution in [2.45, 2.75) is 0 Å². The standard InChI is InChI=1S/C51H31N3OS/c1-4-13-32(14-5-1)33-23-25-36(26-24-33)50-52-49(35-17-8-3-9-18-35)53-51(54-50)41-29-30-43-48(39-19-10-11-21-42(39)55-43)46(41)37-27-28-40-45(31-37)56-44-22-12-20-38(47(40)44)34-15-6-2-7-16-34/h1-31H. The quantitative estimate of drug-likeness (QED) is 0.171. The lowest BCUT2D eigenvalue weighted by Crippen LogP contribution is -2.01. The minimum absolute atomic E-state index is 0.603. The smallest absolute Gasteiger partial charge is 0.164 e. The largest absolute Gasteiger partial charge is 0.456 e. The van der Waals surface area contributed by atoms with Gasteiger partial charge in [-0.05, 0) is 58.1 Å². The predicted octanol–water partition coefficient (Wildman–Crippen LogP) is 14.1. The second-order valence-corrected chi connectivity index (χ2v) is 15.0. The lowest BCUT2D eigenvalue weighted by Gasteiger charge is -2.14. The number of nitrogens with zero attached hydrogens (tertiary/aromatic N) is 3. The molecule has 0 radical (unpaired) electrons. The van der Waals surface area contributed by atoms with E-state index in [4.69, 9.17) is 19.4 Å². The van der Waals surface area contributed by atoms with Gasteiger partial charge >= 0.3 is 0 Å². The summed E-state index contributed by atoms with van der Waals surface area (Å²) < 4.78 is 8.97. The first-order chi connectivity index (χ1) is 27.7. The molecule has 11 rings (SSSR count). The van der Waals surface area contributed by atoms with Crippen LogP contribution in [0.1, 0.15) is 0 Å². The van der Waals surface area contributed by atoms with Crippen molar-refractivity contribution in [1.29, 1.82) is 0 Å². The van der Waals surface area contributed by atoms with E-state index in [1.165, 1.54) is 31.3 Å². The molecule has 0 amide bonds. The number of rotatable bonds is 6. The van der Waals surface area contributed by atoms with Gasteiger partial charge in [-0.3, -0.25) is 0 Å². The third-order valence-corrected chi connectivity index (χ3v) is 11.7. The first-order valence-electron chi connectivity index (χ1n) is 18.7. The molecule has 0 fully saturated rings. The molecule has 262 valence electrons. The Morgan fingerprint density at radius 3 is 1.68 bits per heavy atom. The van der Waals surface area contributed by atoms with Gasteiger partial charge in [-0.25, -0.2) is 15.0 Å². The van der Waals surface area contributed by atoms with Crippen LogP contribution in [0, 0.1) is 0 Å². The lowest BCUT2D eigenvalue weighted by molar-refractivity contribution is 0.669. The summed E-state index contributed by atoms with van der Waals surface area (Å²) in [5, 5.41) is 4.62. The second kappa shape index (κ2) is 13.3.